The molecule has 0 atom stereocenters. The van der Waals surface area contributed by atoms with Crippen molar-refractivity contribution in [3.63, 3.8) is 0 Å². The van der Waals surface area contributed by atoms with Gasteiger partial charge in [-0.1, -0.05) is 24.8 Å². The molecule has 0 aliphatic heterocycles. The van der Waals surface area contributed by atoms with E-state index in [0.29, 0.717) is 17.9 Å². The van der Waals surface area contributed by atoms with E-state index >= 15 is 0 Å². The van der Waals surface area contributed by atoms with Gasteiger partial charge in [0.05, 0.1) is 5.56 Å². The first-order valence-corrected chi connectivity index (χ1v) is 4.98. The highest BCUT2D eigenvalue weighted by Crippen LogP contribution is 2.31. The van der Waals surface area contributed by atoms with Gasteiger partial charge >= 0.3 is 0 Å². The van der Waals surface area contributed by atoms with E-state index in [2.05, 4.69) is 6.58 Å². The third-order valence-electron chi connectivity index (χ3n) is 2.36. The van der Waals surface area contributed by atoms with Gasteiger partial charge in [0.1, 0.15) is 12.4 Å². The highest BCUT2D eigenvalue weighted by molar-refractivity contribution is 5.37. The third-order valence-corrected chi connectivity index (χ3v) is 2.36. The van der Waals surface area contributed by atoms with Gasteiger partial charge in [-0.05, 0) is 12.1 Å². The number of ether oxygens (including phenoxy) is 1. The molecule has 4 nitrogen and oxygen atoms in total. The molecule has 0 bridgehead atoms. The zero-order chi connectivity index (χ0) is 12.2. The Kier molecular flexibility index (Phi) is 3.66. The number of para-hydroxylation sites is 1. The van der Waals surface area contributed by atoms with Crippen molar-refractivity contribution in [3.8, 4) is 5.75 Å². The molecule has 1 rings (SSSR count). The lowest BCUT2D eigenvalue weighted by atomic mass is 9.94. The second kappa shape index (κ2) is 4.79. The van der Waals surface area contributed by atoms with E-state index < -0.39 is 5.54 Å². The molecule has 0 saturated heterocycles. The molecule has 0 amide bonds. The Morgan fingerprint density at radius 1 is 1.50 bits per heavy atom. The van der Waals surface area contributed by atoms with Gasteiger partial charge in [0, 0.05) is 18.8 Å². The number of hydrogen-bond acceptors (Lipinski definition) is 3. The topological polar surface area (TPSA) is 52.4 Å². The first kappa shape index (κ1) is 12.2. The van der Waals surface area contributed by atoms with E-state index in [1.165, 1.54) is 0 Å². The molecule has 0 spiro atoms. The van der Waals surface area contributed by atoms with Crippen molar-refractivity contribution in [3.05, 3.63) is 52.6 Å². The van der Waals surface area contributed by atoms with Crippen LogP contribution in [-0.2, 0) is 5.54 Å². The molecule has 1 aromatic rings. The fourth-order valence-electron chi connectivity index (χ4n) is 1.34. The zero-order valence-corrected chi connectivity index (χ0v) is 9.47. The Bertz CT molecular complexity index is 399. The molecule has 1 aromatic carbocycles. The summed E-state index contributed by atoms with van der Waals surface area (Å²) in [5, 5.41) is 11.0. The lowest BCUT2D eigenvalue weighted by Crippen LogP contribution is -2.28. The summed E-state index contributed by atoms with van der Waals surface area (Å²) in [6, 6.07) is 6.99. The SMILES string of the molecule is C=CCOc1ccccc1C(C)(C)[N+](=O)[O-]. The van der Waals surface area contributed by atoms with E-state index in [4.69, 9.17) is 4.74 Å². The number of hydrogen-bond donors (Lipinski definition) is 0. The van der Waals surface area contributed by atoms with Crippen molar-refractivity contribution in [1.82, 2.24) is 0 Å². The van der Waals surface area contributed by atoms with Gasteiger partial charge in [-0.25, -0.2) is 0 Å². The molecule has 0 N–H and O–H groups in total. The quantitative estimate of drug-likeness (QED) is 0.436. The van der Waals surface area contributed by atoms with Crippen LogP contribution in [0.25, 0.3) is 0 Å². The molecule has 0 heterocycles. The molecule has 86 valence electrons. The number of nitro groups is 1. The van der Waals surface area contributed by atoms with Crippen LogP contribution in [0.15, 0.2) is 36.9 Å². The summed E-state index contributed by atoms with van der Waals surface area (Å²) in [5.74, 6) is 0.532. The maximum Gasteiger partial charge on any atom is 0.245 e. The Labute approximate surface area is 94.7 Å². The highest BCUT2D eigenvalue weighted by atomic mass is 16.6. The van der Waals surface area contributed by atoms with Gasteiger partial charge in [0.15, 0.2) is 0 Å². The second-order valence-electron chi connectivity index (χ2n) is 3.91. The molecule has 0 unspecified atom stereocenters. The monoisotopic (exact) mass is 221 g/mol. The van der Waals surface area contributed by atoms with Gasteiger partial charge in [-0.15, -0.1) is 0 Å². The third kappa shape index (κ3) is 2.39. The van der Waals surface area contributed by atoms with Gasteiger partial charge in [0.2, 0.25) is 5.54 Å². The predicted molar refractivity (Wildman–Crippen MR) is 62.2 cm³/mol. The van der Waals surface area contributed by atoms with Crippen LogP contribution >= 0.6 is 0 Å². The summed E-state index contributed by atoms with van der Waals surface area (Å²) < 4.78 is 5.40. The maximum absolute atomic E-state index is 11.0. The molecule has 0 fully saturated rings. The number of rotatable bonds is 5. The Hall–Kier alpha value is -1.84. The molecule has 4 heteroatoms. The molecular formula is C12H15NO3. The Morgan fingerprint density at radius 3 is 2.69 bits per heavy atom. The largest absolute Gasteiger partial charge is 0.489 e. The molecular weight excluding hydrogens is 206 g/mol. The van der Waals surface area contributed by atoms with Crippen molar-refractivity contribution in [2.24, 2.45) is 0 Å². The van der Waals surface area contributed by atoms with Crippen molar-refractivity contribution < 1.29 is 9.66 Å². The fourth-order valence-corrected chi connectivity index (χ4v) is 1.34. The predicted octanol–water partition coefficient (Wildman–Crippen LogP) is 2.76. The number of nitrogens with zero attached hydrogens (tertiary/aromatic N) is 1. The summed E-state index contributed by atoms with van der Waals surface area (Å²) in [4.78, 5) is 10.7. The highest BCUT2D eigenvalue weighted by Gasteiger charge is 2.35. The van der Waals surface area contributed by atoms with Crippen LogP contribution in [-0.4, -0.2) is 11.5 Å². The summed E-state index contributed by atoms with van der Waals surface area (Å²) in [6.07, 6.45) is 1.61. The molecule has 0 aromatic heterocycles. The van der Waals surface area contributed by atoms with Gasteiger partial charge in [-0.3, -0.25) is 10.1 Å². The minimum absolute atomic E-state index is 0.316. The zero-order valence-electron chi connectivity index (χ0n) is 9.47. The molecule has 16 heavy (non-hydrogen) atoms. The molecule has 0 aliphatic rings. The van der Waals surface area contributed by atoms with Crippen molar-refractivity contribution in [2.75, 3.05) is 6.61 Å². The summed E-state index contributed by atoms with van der Waals surface area (Å²) in [7, 11) is 0. The first-order chi connectivity index (χ1) is 7.50. The number of benzene rings is 1. The van der Waals surface area contributed by atoms with Gasteiger partial charge < -0.3 is 4.74 Å². The van der Waals surface area contributed by atoms with Crippen LogP contribution in [0.3, 0.4) is 0 Å². The minimum Gasteiger partial charge on any atom is -0.489 e. The average molecular weight is 221 g/mol. The van der Waals surface area contributed by atoms with E-state index in [1.54, 1.807) is 44.2 Å². The van der Waals surface area contributed by atoms with Crippen LogP contribution in [0.5, 0.6) is 5.75 Å². The van der Waals surface area contributed by atoms with Crippen molar-refractivity contribution in [2.45, 2.75) is 19.4 Å². The Balaban J connectivity index is 3.12. The van der Waals surface area contributed by atoms with E-state index in [9.17, 15) is 10.1 Å². The van der Waals surface area contributed by atoms with Crippen LogP contribution in [0.2, 0.25) is 0 Å². The lowest BCUT2D eigenvalue weighted by molar-refractivity contribution is -0.569. The molecule has 0 saturated carbocycles. The van der Waals surface area contributed by atoms with Crippen LogP contribution in [0.1, 0.15) is 19.4 Å². The standard InChI is InChI=1S/C12H15NO3/c1-4-9-16-11-8-6-5-7-10(11)12(2,3)13(14)15/h4-8H,1,9H2,2-3H3. The summed E-state index contributed by atoms with van der Waals surface area (Å²) >= 11 is 0. The average Bonchev–Trinajstić information content (AvgIpc) is 2.26. The van der Waals surface area contributed by atoms with Crippen molar-refractivity contribution in [1.29, 1.82) is 0 Å². The molecule has 0 aliphatic carbocycles. The minimum atomic E-state index is -1.15. The van der Waals surface area contributed by atoms with Crippen molar-refractivity contribution >= 4 is 0 Å². The summed E-state index contributed by atoms with van der Waals surface area (Å²) in [6.45, 7) is 7.00. The van der Waals surface area contributed by atoms with Gasteiger partial charge in [0.25, 0.3) is 0 Å². The van der Waals surface area contributed by atoms with E-state index in [0.717, 1.165) is 0 Å². The lowest BCUT2D eigenvalue weighted by Gasteiger charge is -2.19. The maximum atomic E-state index is 11.0. The second-order valence-corrected chi connectivity index (χ2v) is 3.91. The van der Waals surface area contributed by atoms with Crippen LogP contribution < -0.4 is 4.74 Å². The van der Waals surface area contributed by atoms with E-state index in [1.807, 2.05) is 0 Å². The molecule has 0 radical (unpaired) electrons. The fraction of sp³-hybridized carbons (Fsp3) is 0.333. The smallest absolute Gasteiger partial charge is 0.245 e. The van der Waals surface area contributed by atoms with E-state index in [-0.39, 0.29) is 4.92 Å². The first-order valence-electron chi connectivity index (χ1n) is 4.98. The van der Waals surface area contributed by atoms with Crippen LogP contribution in [0, 0.1) is 10.1 Å². The summed E-state index contributed by atoms with van der Waals surface area (Å²) in [5.41, 5.74) is -0.584. The van der Waals surface area contributed by atoms with Crippen LogP contribution in [0.4, 0.5) is 0 Å². The normalized spacial score (nSPS) is 10.9. The van der Waals surface area contributed by atoms with Gasteiger partial charge in [-0.2, -0.15) is 0 Å². The Morgan fingerprint density at radius 2 is 2.12 bits per heavy atom.